The van der Waals surface area contributed by atoms with E-state index in [1.165, 1.54) is 11.8 Å². The van der Waals surface area contributed by atoms with Crippen LogP contribution in [0.4, 0.5) is 29.7 Å². The van der Waals surface area contributed by atoms with E-state index in [1.54, 1.807) is 0 Å². The van der Waals surface area contributed by atoms with Crippen LogP contribution in [0.5, 0.6) is 0 Å². The molecule has 0 unspecified atom stereocenters. The van der Waals surface area contributed by atoms with Crippen LogP contribution < -0.4 is 15.1 Å². The molecule has 2 heterocycles. The van der Waals surface area contributed by atoms with Gasteiger partial charge in [0.2, 0.25) is 5.91 Å². The molecule has 1 atom stereocenters. The van der Waals surface area contributed by atoms with Crippen molar-refractivity contribution in [3.05, 3.63) is 23.8 Å². The van der Waals surface area contributed by atoms with E-state index in [0.29, 0.717) is 5.06 Å². The summed E-state index contributed by atoms with van der Waals surface area (Å²) in [7, 11) is 0. The second-order valence-corrected chi connectivity index (χ2v) is 6.52. The Morgan fingerprint density at radius 1 is 1.24 bits per heavy atom. The number of halogens is 2. The standard InChI is InChI=1S/C17H20F2N4O6/c1-10(24)20-8-12-9-22(17(27)29-12)11-6-13(18)15(14(19)7-11)21-2-3-23(16(25)26)28-5-4-21/h6-7,12H,2-5,8-9H2,1H3,(H,20,24)(H,25,26)/t12-/m0/s1. The highest BCUT2D eigenvalue weighted by Gasteiger charge is 2.34. The summed E-state index contributed by atoms with van der Waals surface area (Å²) in [5.74, 6) is -2.09. The number of cyclic esters (lactones) is 1. The maximum atomic E-state index is 14.7. The summed E-state index contributed by atoms with van der Waals surface area (Å²) >= 11 is 0. The Balaban J connectivity index is 1.75. The number of hydroxylamine groups is 2. The van der Waals surface area contributed by atoms with E-state index in [9.17, 15) is 23.2 Å². The zero-order chi connectivity index (χ0) is 21.1. The van der Waals surface area contributed by atoms with Crippen molar-refractivity contribution in [2.24, 2.45) is 0 Å². The van der Waals surface area contributed by atoms with Gasteiger partial charge in [-0.15, -0.1) is 0 Å². The maximum absolute atomic E-state index is 14.7. The van der Waals surface area contributed by atoms with Crippen LogP contribution in [-0.2, 0) is 14.4 Å². The van der Waals surface area contributed by atoms with Gasteiger partial charge in [0.05, 0.1) is 31.9 Å². The Hall–Kier alpha value is -3.15. The van der Waals surface area contributed by atoms with Crippen molar-refractivity contribution >= 4 is 29.5 Å². The molecule has 1 aromatic carbocycles. The van der Waals surface area contributed by atoms with E-state index < -0.39 is 29.9 Å². The van der Waals surface area contributed by atoms with Gasteiger partial charge in [-0.3, -0.25) is 14.5 Å². The zero-order valence-corrected chi connectivity index (χ0v) is 15.6. The number of anilines is 2. The van der Waals surface area contributed by atoms with Crippen LogP contribution in [0.2, 0.25) is 0 Å². The molecule has 2 N–H and O–H groups in total. The number of ether oxygens (including phenoxy) is 1. The number of hydrogen-bond acceptors (Lipinski definition) is 6. The van der Waals surface area contributed by atoms with E-state index in [0.717, 1.165) is 17.0 Å². The summed E-state index contributed by atoms with van der Waals surface area (Å²) in [6, 6.07) is 2.03. The van der Waals surface area contributed by atoms with E-state index in [1.807, 2.05) is 0 Å². The maximum Gasteiger partial charge on any atom is 0.431 e. The second kappa shape index (κ2) is 8.47. The van der Waals surface area contributed by atoms with Gasteiger partial charge in [-0.1, -0.05) is 0 Å². The van der Waals surface area contributed by atoms with Gasteiger partial charge < -0.3 is 20.1 Å². The molecule has 2 fully saturated rings. The first-order valence-corrected chi connectivity index (χ1v) is 8.86. The molecule has 12 heteroatoms. The van der Waals surface area contributed by atoms with E-state index >= 15 is 0 Å². The van der Waals surface area contributed by atoms with Crippen molar-refractivity contribution in [2.75, 3.05) is 49.1 Å². The number of carbonyl (C=O) groups is 3. The van der Waals surface area contributed by atoms with Crippen molar-refractivity contribution in [2.45, 2.75) is 13.0 Å². The minimum atomic E-state index is -1.29. The fourth-order valence-electron chi connectivity index (χ4n) is 3.13. The normalized spacial score (nSPS) is 19.8. The van der Waals surface area contributed by atoms with Gasteiger partial charge in [0.1, 0.15) is 11.8 Å². The Morgan fingerprint density at radius 3 is 2.55 bits per heavy atom. The van der Waals surface area contributed by atoms with Gasteiger partial charge in [0.15, 0.2) is 11.6 Å². The fraction of sp³-hybridized carbons (Fsp3) is 0.471. The van der Waals surface area contributed by atoms with Crippen molar-refractivity contribution < 1.29 is 37.8 Å². The summed E-state index contributed by atoms with van der Waals surface area (Å²) in [6.45, 7) is 1.42. The third-order valence-corrected chi connectivity index (χ3v) is 4.48. The molecule has 0 aromatic heterocycles. The Morgan fingerprint density at radius 2 is 1.93 bits per heavy atom. The molecule has 2 saturated heterocycles. The number of amides is 3. The van der Waals surface area contributed by atoms with Gasteiger partial charge in [-0.25, -0.2) is 18.4 Å². The highest BCUT2D eigenvalue weighted by Crippen LogP contribution is 2.31. The van der Waals surface area contributed by atoms with Crippen molar-refractivity contribution in [1.29, 1.82) is 0 Å². The molecular formula is C17H20F2N4O6. The fourth-order valence-corrected chi connectivity index (χ4v) is 3.13. The van der Waals surface area contributed by atoms with Crippen molar-refractivity contribution in [1.82, 2.24) is 10.4 Å². The predicted octanol–water partition coefficient (Wildman–Crippen LogP) is 1.16. The van der Waals surface area contributed by atoms with E-state index in [-0.39, 0.29) is 56.6 Å². The van der Waals surface area contributed by atoms with E-state index in [2.05, 4.69) is 5.32 Å². The summed E-state index contributed by atoms with van der Waals surface area (Å²) < 4.78 is 34.5. The van der Waals surface area contributed by atoms with Crippen molar-refractivity contribution in [3.63, 3.8) is 0 Å². The predicted molar refractivity (Wildman–Crippen MR) is 95.6 cm³/mol. The molecule has 0 radical (unpaired) electrons. The highest BCUT2D eigenvalue weighted by molar-refractivity contribution is 5.90. The van der Waals surface area contributed by atoms with Crippen LogP contribution >= 0.6 is 0 Å². The summed E-state index contributed by atoms with van der Waals surface area (Å²) in [5, 5.41) is 12.2. The smallest absolute Gasteiger partial charge is 0.431 e. The second-order valence-electron chi connectivity index (χ2n) is 6.52. The lowest BCUT2D eigenvalue weighted by Crippen LogP contribution is -2.34. The molecule has 0 saturated carbocycles. The Kier molecular flexibility index (Phi) is 6.01. The molecule has 0 aliphatic carbocycles. The highest BCUT2D eigenvalue weighted by atomic mass is 19.1. The van der Waals surface area contributed by atoms with Gasteiger partial charge in [0.25, 0.3) is 0 Å². The van der Waals surface area contributed by atoms with Crippen molar-refractivity contribution in [3.8, 4) is 0 Å². The average molecular weight is 414 g/mol. The van der Waals surface area contributed by atoms with Crippen LogP contribution in [0.1, 0.15) is 6.92 Å². The van der Waals surface area contributed by atoms with Gasteiger partial charge in [0, 0.05) is 32.1 Å². The number of nitrogens with one attached hydrogen (secondary N) is 1. The number of benzene rings is 1. The SMILES string of the molecule is CC(=O)NC[C@H]1CN(c2cc(F)c(N3CCON(C(=O)O)CC3)c(F)c2)C(=O)O1. The van der Waals surface area contributed by atoms with Gasteiger partial charge in [-0.05, 0) is 0 Å². The largest absolute Gasteiger partial charge is 0.463 e. The lowest BCUT2D eigenvalue weighted by molar-refractivity contribution is -0.119. The first-order valence-electron chi connectivity index (χ1n) is 8.86. The lowest BCUT2D eigenvalue weighted by atomic mass is 10.2. The average Bonchev–Trinajstić information content (AvgIpc) is 2.85. The minimum Gasteiger partial charge on any atom is -0.463 e. The number of rotatable bonds is 4. The van der Waals surface area contributed by atoms with Crippen LogP contribution in [-0.4, -0.2) is 73.7 Å². The number of hydrogen-bond donors (Lipinski definition) is 2. The topological polar surface area (TPSA) is 112 Å². The Labute approximate surface area is 164 Å². The lowest BCUT2D eigenvalue weighted by Gasteiger charge is -2.24. The molecule has 158 valence electrons. The third-order valence-electron chi connectivity index (χ3n) is 4.48. The third kappa shape index (κ3) is 4.65. The molecule has 1 aromatic rings. The number of carboxylic acid groups (broad SMARTS) is 1. The number of nitrogens with zero attached hydrogens (tertiary/aromatic N) is 3. The Bertz CT molecular complexity index is 800. The molecule has 2 aliphatic rings. The molecule has 0 bridgehead atoms. The first-order chi connectivity index (χ1) is 13.8. The van der Waals surface area contributed by atoms with Crippen LogP contribution in [0.3, 0.4) is 0 Å². The van der Waals surface area contributed by atoms with Crippen LogP contribution in [0.15, 0.2) is 12.1 Å². The first kappa shape index (κ1) is 20.6. The molecule has 10 nitrogen and oxygen atoms in total. The van der Waals surface area contributed by atoms with E-state index in [4.69, 9.17) is 14.7 Å². The van der Waals surface area contributed by atoms with Gasteiger partial charge in [-0.2, -0.15) is 5.06 Å². The molecule has 2 aliphatic heterocycles. The minimum absolute atomic E-state index is 0.0164. The molecule has 3 amide bonds. The summed E-state index contributed by atoms with van der Waals surface area (Å²) in [4.78, 5) is 41.4. The summed E-state index contributed by atoms with van der Waals surface area (Å²) in [6.07, 6.45) is -2.70. The summed E-state index contributed by atoms with van der Waals surface area (Å²) in [5.41, 5.74) is -0.343. The monoisotopic (exact) mass is 414 g/mol. The molecule has 3 rings (SSSR count). The number of carbonyl (C=O) groups excluding carboxylic acids is 2. The zero-order valence-electron chi connectivity index (χ0n) is 15.6. The molecule has 29 heavy (non-hydrogen) atoms. The van der Waals surface area contributed by atoms with Crippen LogP contribution in [0, 0.1) is 11.6 Å². The van der Waals surface area contributed by atoms with Crippen LogP contribution in [0.25, 0.3) is 0 Å². The quantitative estimate of drug-likeness (QED) is 0.760. The molecule has 0 spiro atoms. The van der Waals surface area contributed by atoms with Gasteiger partial charge >= 0.3 is 12.2 Å². The molecular weight excluding hydrogens is 394 g/mol.